The molecule has 0 aromatic carbocycles. The molecule has 1 aromatic rings. The monoisotopic (exact) mass is 249 g/mol. The molecule has 100 valence electrons. The molecule has 1 aliphatic heterocycles. The smallest absolute Gasteiger partial charge is 0.131 e. The zero-order valence-electron chi connectivity index (χ0n) is 11.1. The van der Waals surface area contributed by atoms with E-state index in [1.54, 1.807) is 6.33 Å². The van der Waals surface area contributed by atoms with Gasteiger partial charge in [0, 0.05) is 19.2 Å². The minimum atomic E-state index is 0.855. The predicted molar refractivity (Wildman–Crippen MR) is 74.9 cm³/mol. The number of nitrogens with one attached hydrogen (secondary N) is 3. The average molecular weight is 249 g/mol. The topological polar surface area (TPSA) is 61.9 Å². The van der Waals surface area contributed by atoms with E-state index in [0.717, 1.165) is 30.6 Å². The van der Waals surface area contributed by atoms with Gasteiger partial charge in [0.15, 0.2) is 0 Å². The molecule has 0 radical (unpaired) electrons. The van der Waals surface area contributed by atoms with Crippen LogP contribution in [0.25, 0.3) is 0 Å². The normalized spacial score (nSPS) is 16.5. The number of piperidine rings is 1. The molecule has 0 aliphatic carbocycles. The van der Waals surface area contributed by atoms with Crippen LogP contribution in [0.3, 0.4) is 0 Å². The molecule has 0 atom stereocenters. The van der Waals surface area contributed by atoms with Gasteiger partial charge in [0.25, 0.3) is 0 Å². The fourth-order valence-electron chi connectivity index (χ4n) is 2.31. The Morgan fingerprint density at radius 1 is 1.22 bits per heavy atom. The van der Waals surface area contributed by atoms with Crippen LogP contribution in [0.2, 0.25) is 0 Å². The summed E-state index contributed by atoms with van der Waals surface area (Å²) in [5.41, 5.74) is 0. The summed E-state index contributed by atoms with van der Waals surface area (Å²) in [6.07, 6.45) is 5.43. The molecule has 2 rings (SSSR count). The Morgan fingerprint density at radius 3 is 2.67 bits per heavy atom. The van der Waals surface area contributed by atoms with Crippen molar-refractivity contribution in [1.82, 2.24) is 15.3 Å². The second-order valence-corrected chi connectivity index (χ2v) is 4.73. The quantitative estimate of drug-likeness (QED) is 0.716. The summed E-state index contributed by atoms with van der Waals surface area (Å²) in [6, 6.07) is 1.96. The van der Waals surface area contributed by atoms with Crippen LogP contribution < -0.4 is 16.0 Å². The van der Waals surface area contributed by atoms with Crippen LogP contribution in [0, 0.1) is 5.92 Å². The van der Waals surface area contributed by atoms with Crippen molar-refractivity contribution >= 4 is 11.6 Å². The van der Waals surface area contributed by atoms with E-state index in [-0.39, 0.29) is 0 Å². The standard InChI is InChI=1S/C13H23N5/c1-2-15-12-9-13(18-10-17-12)16-8-5-11-3-6-14-7-4-11/h9-11,14H,2-8H2,1H3,(H2,15,16,17,18). The Kier molecular flexibility index (Phi) is 5.20. The molecule has 2 heterocycles. The molecule has 5 nitrogen and oxygen atoms in total. The van der Waals surface area contributed by atoms with Gasteiger partial charge in [0.2, 0.25) is 0 Å². The minimum Gasteiger partial charge on any atom is -0.370 e. The third-order valence-electron chi connectivity index (χ3n) is 3.34. The molecule has 0 bridgehead atoms. The zero-order valence-corrected chi connectivity index (χ0v) is 11.1. The molecular formula is C13H23N5. The maximum Gasteiger partial charge on any atom is 0.131 e. The lowest BCUT2D eigenvalue weighted by atomic mass is 9.95. The van der Waals surface area contributed by atoms with Crippen molar-refractivity contribution in [3.05, 3.63) is 12.4 Å². The largest absolute Gasteiger partial charge is 0.370 e. The highest BCUT2D eigenvalue weighted by molar-refractivity contribution is 5.46. The lowest BCUT2D eigenvalue weighted by molar-refractivity contribution is 0.361. The Hall–Kier alpha value is -1.36. The van der Waals surface area contributed by atoms with Crippen molar-refractivity contribution < 1.29 is 0 Å². The highest BCUT2D eigenvalue weighted by Crippen LogP contribution is 2.16. The van der Waals surface area contributed by atoms with Crippen LogP contribution in [0.4, 0.5) is 11.6 Å². The fourth-order valence-corrected chi connectivity index (χ4v) is 2.31. The maximum absolute atomic E-state index is 4.23. The second-order valence-electron chi connectivity index (χ2n) is 4.73. The third kappa shape index (κ3) is 4.14. The number of hydrogen-bond acceptors (Lipinski definition) is 5. The Labute approximate surface area is 109 Å². The van der Waals surface area contributed by atoms with Crippen LogP contribution in [0.1, 0.15) is 26.2 Å². The first-order chi connectivity index (χ1) is 8.88. The summed E-state index contributed by atoms with van der Waals surface area (Å²) in [5.74, 6) is 2.65. The lowest BCUT2D eigenvalue weighted by Crippen LogP contribution is -2.28. The molecule has 1 aliphatic rings. The third-order valence-corrected chi connectivity index (χ3v) is 3.34. The van der Waals surface area contributed by atoms with Gasteiger partial charge in [-0.1, -0.05) is 0 Å². The van der Waals surface area contributed by atoms with Gasteiger partial charge in [-0.2, -0.15) is 0 Å². The Bertz CT molecular complexity index is 349. The van der Waals surface area contributed by atoms with E-state index in [1.807, 2.05) is 6.07 Å². The molecule has 0 saturated carbocycles. The number of rotatable bonds is 6. The molecular weight excluding hydrogens is 226 g/mol. The fraction of sp³-hybridized carbons (Fsp3) is 0.692. The summed E-state index contributed by atoms with van der Waals surface area (Å²) in [4.78, 5) is 8.39. The summed E-state index contributed by atoms with van der Waals surface area (Å²) < 4.78 is 0. The first-order valence-corrected chi connectivity index (χ1v) is 6.89. The van der Waals surface area contributed by atoms with Crippen LogP contribution in [-0.2, 0) is 0 Å². The number of anilines is 2. The van der Waals surface area contributed by atoms with Gasteiger partial charge >= 0.3 is 0 Å². The zero-order chi connectivity index (χ0) is 12.6. The summed E-state index contributed by atoms with van der Waals surface area (Å²) >= 11 is 0. The van der Waals surface area contributed by atoms with E-state index >= 15 is 0 Å². The van der Waals surface area contributed by atoms with Crippen molar-refractivity contribution in [1.29, 1.82) is 0 Å². The van der Waals surface area contributed by atoms with Crippen LogP contribution in [-0.4, -0.2) is 36.1 Å². The van der Waals surface area contributed by atoms with Gasteiger partial charge in [-0.05, 0) is 45.2 Å². The second kappa shape index (κ2) is 7.16. The van der Waals surface area contributed by atoms with Gasteiger partial charge in [-0.15, -0.1) is 0 Å². The first kappa shape index (κ1) is 13.1. The summed E-state index contributed by atoms with van der Waals surface area (Å²) in [7, 11) is 0. The summed E-state index contributed by atoms with van der Waals surface area (Å²) in [6.45, 7) is 6.27. The highest BCUT2D eigenvalue weighted by Gasteiger charge is 2.12. The first-order valence-electron chi connectivity index (χ1n) is 6.89. The molecule has 3 N–H and O–H groups in total. The molecule has 0 amide bonds. The van der Waals surface area contributed by atoms with Crippen LogP contribution >= 0.6 is 0 Å². The molecule has 1 saturated heterocycles. The van der Waals surface area contributed by atoms with Crippen LogP contribution in [0.15, 0.2) is 12.4 Å². The van der Waals surface area contributed by atoms with Gasteiger partial charge in [-0.3, -0.25) is 0 Å². The molecule has 18 heavy (non-hydrogen) atoms. The number of nitrogens with zero attached hydrogens (tertiary/aromatic N) is 2. The number of hydrogen-bond donors (Lipinski definition) is 3. The predicted octanol–water partition coefficient (Wildman–Crippen LogP) is 1.71. The van der Waals surface area contributed by atoms with Gasteiger partial charge in [0.05, 0.1) is 0 Å². The average Bonchev–Trinajstić information content (AvgIpc) is 2.41. The van der Waals surface area contributed by atoms with Crippen molar-refractivity contribution in [3.63, 3.8) is 0 Å². The molecule has 1 aromatic heterocycles. The lowest BCUT2D eigenvalue weighted by Gasteiger charge is -2.22. The molecule has 0 spiro atoms. The van der Waals surface area contributed by atoms with E-state index < -0.39 is 0 Å². The van der Waals surface area contributed by atoms with Crippen molar-refractivity contribution in [2.45, 2.75) is 26.2 Å². The molecule has 0 unspecified atom stereocenters. The van der Waals surface area contributed by atoms with E-state index in [4.69, 9.17) is 0 Å². The van der Waals surface area contributed by atoms with E-state index in [9.17, 15) is 0 Å². The maximum atomic E-state index is 4.23. The van der Waals surface area contributed by atoms with Crippen molar-refractivity contribution in [2.75, 3.05) is 36.8 Å². The van der Waals surface area contributed by atoms with Crippen molar-refractivity contribution in [3.8, 4) is 0 Å². The van der Waals surface area contributed by atoms with Gasteiger partial charge in [-0.25, -0.2) is 9.97 Å². The van der Waals surface area contributed by atoms with E-state index in [0.29, 0.717) is 0 Å². The summed E-state index contributed by atoms with van der Waals surface area (Å²) in [5, 5.41) is 9.96. The SMILES string of the molecule is CCNc1cc(NCCC2CCNCC2)ncn1. The van der Waals surface area contributed by atoms with Gasteiger partial charge in [0.1, 0.15) is 18.0 Å². The minimum absolute atomic E-state index is 0.855. The molecule has 1 fully saturated rings. The van der Waals surface area contributed by atoms with Crippen molar-refractivity contribution in [2.24, 2.45) is 5.92 Å². The van der Waals surface area contributed by atoms with E-state index in [1.165, 1.54) is 32.4 Å². The number of aromatic nitrogens is 2. The van der Waals surface area contributed by atoms with Gasteiger partial charge < -0.3 is 16.0 Å². The van der Waals surface area contributed by atoms with Crippen LogP contribution in [0.5, 0.6) is 0 Å². The molecule has 5 heteroatoms. The Morgan fingerprint density at radius 2 is 1.94 bits per heavy atom. The van der Waals surface area contributed by atoms with E-state index in [2.05, 4.69) is 32.8 Å². The Balaban J connectivity index is 1.73. The highest BCUT2D eigenvalue weighted by atomic mass is 15.1.